The highest BCUT2D eigenvalue weighted by Crippen LogP contribution is 2.27. The standard InChI is InChI=1S/C14H11ClN2O/c1-9-6-10(2)17-14(13(9)8-16)18-12-5-3-4-11(15)7-12/h3-7H,1-2H3. The first kappa shape index (κ1) is 12.4. The van der Waals surface area contributed by atoms with Gasteiger partial charge in [0.15, 0.2) is 0 Å². The second kappa shape index (κ2) is 5.07. The van der Waals surface area contributed by atoms with Gasteiger partial charge in [-0.2, -0.15) is 5.26 Å². The van der Waals surface area contributed by atoms with Crippen LogP contribution in [0.3, 0.4) is 0 Å². The molecule has 0 aliphatic carbocycles. The molecule has 0 saturated carbocycles. The fraction of sp³-hybridized carbons (Fsp3) is 0.143. The third kappa shape index (κ3) is 2.61. The third-order valence-electron chi connectivity index (χ3n) is 2.43. The molecule has 0 unspecified atom stereocenters. The quantitative estimate of drug-likeness (QED) is 0.817. The summed E-state index contributed by atoms with van der Waals surface area (Å²) < 4.78 is 5.62. The van der Waals surface area contributed by atoms with Crippen LogP contribution >= 0.6 is 11.6 Å². The maximum Gasteiger partial charge on any atom is 0.237 e. The third-order valence-corrected chi connectivity index (χ3v) is 2.67. The molecule has 1 heterocycles. The molecule has 0 fully saturated rings. The lowest BCUT2D eigenvalue weighted by Crippen LogP contribution is -1.96. The van der Waals surface area contributed by atoms with Gasteiger partial charge in [0, 0.05) is 10.7 Å². The zero-order valence-electron chi connectivity index (χ0n) is 10.1. The van der Waals surface area contributed by atoms with Gasteiger partial charge in [0.2, 0.25) is 5.88 Å². The Bertz CT molecular complexity index is 632. The lowest BCUT2D eigenvalue weighted by Gasteiger charge is -2.09. The molecule has 0 radical (unpaired) electrons. The Morgan fingerprint density at radius 3 is 2.72 bits per heavy atom. The summed E-state index contributed by atoms with van der Waals surface area (Å²) in [5.74, 6) is 0.883. The molecule has 0 bridgehead atoms. The molecule has 4 heteroatoms. The van der Waals surface area contributed by atoms with E-state index in [2.05, 4.69) is 11.1 Å². The van der Waals surface area contributed by atoms with Crippen molar-refractivity contribution in [3.8, 4) is 17.7 Å². The molecule has 0 aliphatic heterocycles. The molecular weight excluding hydrogens is 248 g/mol. The van der Waals surface area contributed by atoms with Crippen LogP contribution in [0.15, 0.2) is 30.3 Å². The van der Waals surface area contributed by atoms with Crippen molar-refractivity contribution in [2.75, 3.05) is 0 Å². The van der Waals surface area contributed by atoms with E-state index in [1.54, 1.807) is 24.3 Å². The van der Waals surface area contributed by atoms with Crippen molar-refractivity contribution in [3.63, 3.8) is 0 Å². The van der Waals surface area contributed by atoms with E-state index in [9.17, 15) is 0 Å². The van der Waals surface area contributed by atoms with Gasteiger partial charge in [0.25, 0.3) is 0 Å². The van der Waals surface area contributed by atoms with Crippen LogP contribution in [0.2, 0.25) is 5.02 Å². The second-order valence-corrected chi connectivity index (χ2v) is 4.37. The molecule has 0 amide bonds. The predicted molar refractivity (Wildman–Crippen MR) is 70.0 cm³/mol. The average molecular weight is 259 g/mol. The topological polar surface area (TPSA) is 45.9 Å². The van der Waals surface area contributed by atoms with Gasteiger partial charge in [-0.05, 0) is 43.7 Å². The number of aromatic nitrogens is 1. The molecule has 0 spiro atoms. The molecule has 1 aromatic heterocycles. The molecule has 0 N–H and O–H groups in total. The molecule has 1 aromatic carbocycles. The molecule has 2 rings (SSSR count). The van der Waals surface area contributed by atoms with Crippen LogP contribution in [0.4, 0.5) is 0 Å². The lowest BCUT2D eigenvalue weighted by molar-refractivity contribution is 0.459. The SMILES string of the molecule is Cc1cc(C)c(C#N)c(Oc2cccc(Cl)c2)n1. The Kier molecular flexibility index (Phi) is 3.50. The van der Waals surface area contributed by atoms with Crippen LogP contribution in [0.25, 0.3) is 0 Å². The van der Waals surface area contributed by atoms with Crippen LogP contribution in [0.1, 0.15) is 16.8 Å². The van der Waals surface area contributed by atoms with E-state index in [1.807, 2.05) is 19.9 Å². The van der Waals surface area contributed by atoms with E-state index < -0.39 is 0 Å². The Morgan fingerprint density at radius 1 is 1.28 bits per heavy atom. The highest BCUT2D eigenvalue weighted by molar-refractivity contribution is 6.30. The number of hydrogen-bond acceptors (Lipinski definition) is 3. The average Bonchev–Trinajstić information content (AvgIpc) is 2.28. The largest absolute Gasteiger partial charge is 0.438 e. The van der Waals surface area contributed by atoms with E-state index in [0.29, 0.717) is 22.2 Å². The van der Waals surface area contributed by atoms with Crippen LogP contribution in [0, 0.1) is 25.2 Å². The molecule has 3 nitrogen and oxygen atoms in total. The van der Waals surface area contributed by atoms with E-state index >= 15 is 0 Å². The highest BCUT2D eigenvalue weighted by atomic mass is 35.5. The van der Waals surface area contributed by atoms with Gasteiger partial charge in [-0.3, -0.25) is 0 Å². The van der Waals surface area contributed by atoms with E-state index in [0.717, 1.165) is 11.3 Å². The molecule has 0 aliphatic rings. The van der Waals surface area contributed by atoms with Crippen LogP contribution in [0.5, 0.6) is 11.6 Å². The Morgan fingerprint density at radius 2 is 2.06 bits per heavy atom. The molecule has 90 valence electrons. The van der Waals surface area contributed by atoms with Crippen molar-refractivity contribution >= 4 is 11.6 Å². The van der Waals surface area contributed by atoms with Crippen molar-refractivity contribution in [2.45, 2.75) is 13.8 Å². The number of ether oxygens (including phenoxy) is 1. The Balaban J connectivity index is 2.43. The fourth-order valence-corrected chi connectivity index (χ4v) is 1.83. The van der Waals surface area contributed by atoms with Crippen molar-refractivity contribution < 1.29 is 4.74 Å². The molecule has 0 saturated heterocycles. The summed E-state index contributed by atoms with van der Waals surface area (Å²) in [5.41, 5.74) is 2.10. The lowest BCUT2D eigenvalue weighted by atomic mass is 10.1. The predicted octanol–water partition coefficient (Wildman–Crippen LogP) is 4.02. The van der Waals surface area contributed by atoms with Crippen LogP contribution in [-0.4, -0.2) is 4.98 Å². The van der Waals surface area contributed by atoms with Gasteiger partial charge in [-0.25, -0.2) is 4.98 Å². The highest BCUT2D eigenvalue weighted by Gasteiger charge is 2.10. The van der Waals surface area contributed by atoms with Gasteiger partial charge in [-0.15, -0.1) is 0 Å². The van der Waals surface area contributed by atoms with Gasteiger partial charge < -0.3 is 4.74 Å². The van der Waals surface area contributed by atoms with Crippen molar-refractivity contribution in [1.82, 2.24) is 4.98 Å². The summed E-state index contributed by atoms with van der Waals surface area (Å²) >= 11 is 5.88. The number of aryl methyl sites for hydroxylation is 2. The van der Waals surface area contributed by atoms with Crippen LogP contribution in [-0.2, 0) is 0 Å². The minimum absolute atomic E-state index is 0.317. The van der Waals surface area contributed by atoms with Gasteiger partial charge in [0.1, 0.15) is 17.4 Å². The van der Waals surface area contributed by atoms with Crippen LogP contribution < -0.4 is 4.74 Å². The monoisotopic (exact) mass is 258 g/mol. The van der Waals surface area contributed by atoms with E-state index in [4.69, 9.17) is 21.6 Å². The van der Waals surface area contributed by atoms with Crippen molar-refractivity contribution in [3.05, 3.63) is 52.2 Å². The van der Waals surface area contributed by atoms with Gasteiger partial charge >= 0.3 is 0 Å². The normalized spacial score (nSPS) is 9.89. The summed E-state index contributed by atoms with van der Waals surface area (Å²) in [5, 5.41) is 9.71. The van der Waals surface area contributed by atoms with Gasteiger partial charge in [0.05, 0.1) is 0 Å². The Labute approximate surface area is 111 Å². The van der Waals surface area contributed by atoms with E-state index in [1.165, 1.54) is 0 Å². The number of nitrogens with zero attached hydrogens (tertiary/aromatic N) is 2. The summed E-state index contributed by atoms with van der Waals surface area (Å²) in [7, 11) is 0. The number of hydrogen-bond donors (Lipinski definition) is 0. The van der Waals surface area contributed by atoms with Gasteiger partial charge in [-0.1, -0.05) is 17.7 Å². The summed E-state index contributed by atoms with van der Waals surface area (Å²) in [6, 6.07) is 11.0. The first-order valence-corrected chi connectivity index (χ1v) is 5.79. The van der Waals surface area contributed by atoms with E-state index in [-0.39, 0.29) is 0 Å². The zero-order chi connectivity index (χ0) is 13.1. The number of rotatable bonds is 2. The second-order valence-electron chi connectivity index (χ2n) is 3.93. The zero-order valence-corrected chi connectivity index (χ0v) is 10.8. The van der Waals surface area contributed by atoms with Crippen molar-refractivity contribution in [2.24, 2.45) is 0 Å². The fourth-order valence-electron chi connectivity index (χ4n) is 1.65. The summed E-state index contributed by atoms with van der Waals surface area (Å²) in [6.07, 6.45) is 0. The smallest absolute Gasteiger partial charge is 0.237 e. The minimum Gasteiger partial charge on any atom is -0.438 e. The maximum atomic E-state index is 9.13. The summed E-state index contributed by atoms with van der Waals surface area (Å²) in [4.78, 5) is 4.24. The summed E-state index contributed by atoms with van der Waals surface area (Å²) in [6.45, 7) is 3.72. The number of halogens is 1. The molecule has 0 atom stereocenters. The number of benzene rings is 1. The molecule has 18 heavy (non-hydrogen) atoms. The molecular formula is C14H11ClN2O. The Hall–Kier alpha value is -2.05. The first-order chi connectivity index (χ1) is 8.60. The minimum atomic E-state index is 0.317. The molecule has 2 aromatic rings. The number of nitriles is 1. The number of pyridine rings is 1. The first-order valence-electron chi connectivity index (χ1n) is 5.42. The van der Waals surface area contributed by atoms with Crippen molar-refractivity contribution in [1.29, 1.82) is 5.26 Å². The maximum absolute atomic E-state index is 9.13.